The number of carbonyl (C=O) groups is 2. The van der Waals surface area contributed by atoms with Crippen molar-refractivity contribution in [3.8, 4) is 0 Å². The fourth-order valence-corrected chi connectivity index (χ4v) is 2.44. The molecule has 21 heavy (non-hydrogen) atoms. The minimum atomic E-state index is -0.301. The van der Waals surface area contributed by atoms with E-state index in [-0.39, 0.29) is 17.9 Å². The molecule has 0 saturated heterocycles. The summed E-state index contributed by atoms with van der Waals surface area (Å²) < 4.78 is 5.02. The summed E-state index contributed by atoms with van der Waals surface area (Å²) in [5.74, 6) is -0.582. The number of nitrogens with zero attached hydrogens (tertiary/aromatic N) is 1. The van der Waals surface area contributed by atoms with Crippen molar-refractivity contribution in [2.24, 2.45) is 0 Å². The van der Waals surface area contributed by atoms with Crippen molar-refractivity contribution < 1.29 is 14.3 Å². The number of thiocarbonyl (C=S) groups is 1. The number of hydrogen-bond acceptors (Lipinski definition) is 4. The highest BCUT2D eigenvalue weighted by Gasteiger charge is 2.32. The van der Waals surface area contributed by atoms with Gasteiger partial charge in [0.15, 0.2) is 5.11 Å². The van der Waals surface area contributed by atoms with Crippen molar-refractivity contribution in [3.63, 3.8) is 0 Å². The third kappa shape index (κ3) is 3.20. The molecule has 0 spiro atoms. The predicted octanol–water partition coefficient (Wildman–Crippen LogP) is 1.23. The number of fused-ring (bicyclic) bond motifs is 1. The maximum atomic E-state index is 11.9. The molecule has 0 bridgehead atoms. The lowest BCUT2D eigenvalue weighted by molar-refractivity contribution is 0.0693. The van der Waals surface area contributed by atoms with Gasteiger partial charge in [0.2, 0.25) is 0 Å². The molecule has 1 heterocycles. The first-order valence-corrected chi connectivity index (χ1v) is 6.87. The number of carbonyl (C=O) groups excluding carboxylic acids is 2. The SMILES string of the molecule is COCC(C)NC(=S)Nc1ccc2c(c1)C(=O)N(C)C2=O. The van der Waals surface area contributed by atoms with Gasteiger partial charge in [0.1, 0.15) is 0 Å². The number of nitrogens with one attached hydrogen (secondary N) is 2. The largest absolute Gasteiger partial charge is 0.383 e. The Balaban J connectivity index is 2.09. The van der Waals surface area contributed by atoms with Crippen LogP contribution in [0, 0.1) is 0 Å². The molecule has 1 atom stereocenters. The average Bonchev–Trinajstić information content (AvgIpc) is 2.64. The molecule has 7 heteroatoms. The van der Waals surface area contributed by atoms with Gasteiger partial charge in [0.25, 0.3) is 11.8 Å². The Labute approximate surface area is 128 Å². The van der Waals surface area contributed by atoms with Crippen LogP contribution in [0.4, 0.5) is 5.69 Å². The van der Waals surface area contributed by atoms with Crippen molar-refractivity contribution in [2.45, 2.75) is 13.0 Å². The second-order valence-electron chi connectivity index (χ2n) is 4.88. The van der Waals surface area contributed by atoms with E-state index in [1.165, 1.54) is 7.05 Å². The zero-order valence-corrected chi connectivity index (χ0v) is 12.9. The summed E-state index contributed by atoms with van der Waals surface area (Å²) in [5.41, 5.74) is 1.47. The number of methoxy groups -OCH3 is 1. The first-order valence-electron chi connectivity index (χ1n) is 6.47. The molecule has 6 nitrogen and oxygen atoms in total. The van der Waals surface area contributed by atoms with Gasteiger partial charge >= 0.3 is 0 Å². The molecule has 2 N–H and O–H groups in total. The highest BCUT2D eigenvalue weighted by molar-refractivity contribution is 7.80. The number of rotatable bonds is 4. The summed E-state index contributed by atoms with van der Waals surface area (Å²) in [5, 5.41) is 6.49. The Morgan fingerprint density at radius 1 is 1.33 bits per heavy atom. The van der Waals surface area contributed by atoms with Crippen LogP contribution in [0.25, 0.3) is 0 Å². The molecule has 0 aliphatic carbocycles. The number of amides is 2. The topological polar surface area (TPSA) is 70.7 Å². The van der Waals surface area contributed by atoms with E-state index in [1.54, 1.807) is 25.3 Å². The molecule has 1 unspecified atom stereocenters. The quantitative estimate of drug-likeness (QED) is 0.644. The maximum absolute atomic E-state index is 11.9. The lowest BCUT2D eigenvalue weighted by atomic mass is 10.1. The molecule has 0 radical (unpaired) electrons. The van der Waals surface area contributed by atoms with E-state index in [1.807, 2.05) is 6.92 Å². The first-order chi connectivity index (χ1) is 9.93. The summed E-state index contributed by atoms with van der Waals surface area (Å²) in [7, 11) is 3.09. The van der Waals surface area contributed by atoms with E-state index in [0.29, 0.717) is 28.5 Å². The molecule has 1 aliphatic rings. The Morgan fingerprint density at radius 3 is 2.67 bits per heavy atom. The van der Waals surface area contributed by atoms with Gasteiger partial charge < -0.3 is 15.4 Å². The van der Waals surface area contributed by atoms with Crippen LogP contribution in [0.1, 0.15) is 27.6 Å². The van der Waals surface area contributed by atoms with Crippen LogP contribution in [0.5, 0.6) is 0 Å². The smallest absolute Gasteiger partial charge is 0.261 e. The summed E-state index contributed by atoms with van der Waals surface area (Å²) in [6.45, 7) is 2.47. The Hall–Kier alpha value is -1.99. The molecule has 0 saturated carbocycles. The fraction of sp³-hybridized carbons (Fsp3) is 0.357. The summed E-state index contributed by atoms with van der Waals surface area (Å²) in [4.78, 5) is 24.8. The molecular weight excluding hydrogens is 290 g/mol. The molecule has 1 aliphatic heterocycles. The van der Waals surface area contributed by atoms with E-state index < -0.39 is 0 Å². The molecular formula is C14H17N3O3S. The number of hydrogen-bond donors (Lipinski definition) is 2. The zero-order valence-electron chi connectivity index (χ0n) is 12.1. The monoisotopic (exact) mass is 307 g/mol. The second-order valence-corrected chi connectivity index (χ2v) is 5.29. The molecule has 1 aromatic carbocycles. The summed E-state index contributed by atoms with van der Waals surface area (Å²) in [6, 6.07) is 5.05. The number of anilines is 1. The third-order valence-corrected chi connectivity index (χ3v) is 3.36. The van der Waals surface area contributed by atoms with Crippen LogP contribution in [0.15, 0.2) is 18.2 Å². The van der Waals surface area contributed by atoms with Crippen LogP contribution in [-0.4, -0.2) is 48.6 Å². The van der Waals surface area contributed by atoms with Crippen molar-refractivity contribution in [1.29, 1.82) is 0 Å². The molecule has 112 valence electrons. The zero-order chi connectivity index (χ0) is 15.6. The minimum absolute atomic E-state index is 0.0683. The van der Waals surface area contributed by atoms with Crippen LogP contribution in [-0.2, 0) is 4.74 Å². The maximum Gasteiger partial charge on any atom is 0.261 e. The minimum Gasteiger partial charge on any atom is -0.383 e. The van der Waals surface area contributed by atoms with Crippen LogP contribution >= 0.6 is 12.2 Å². The Morgan fingerprint density at radius 2 is 2.00 bits per heavy atom. The van der Waals surface area contributed by atoms with Gasteiger partial charge in [0, 0.05) is 25.9 Å². The van der Waals surface area contributed by atoms with Gasteiger partial charge in [-0.2, -0.15) is 0 Å². The van der Waals surface area contributed by atoms with Gasteiger partial charge in [0.05, 0.1) is 17.7 Å². The van der Waals surface area contributed by atoms with Crippen LogP contribution < -0.4 is 10.6 Å². The van der Waals surface area contributed by atoms with Gasteiger partial charge in [-0.25, -0.2) is 0 Å². The van der Waals surface area contributed by atoms with Crippen molar-refractivity contribution in [2.75, 3.05) is 26.1 Å². The molecule has 1 aromatic rings. The molecule has 0 aromatic heterocycles. The number of imide groups is 1. The predicted molar refractivity (Wildman–Crippen MR) is 83.6 cm³/mol. The summed E-state index contributed by atoms with van der Waals surface area (Å²) in [6.07, 6.45) is 0. The van der Waals surface area contributed by atoms with Crippen molar-refractivity contribution in [1.82, 2.24) is 10.2 Å². The normalized spacial score (nSPS) is 14.9. The highest BCUT2D eigenvalue weighted by atomic mass is 32.1. The van der Waals surface area contributed by atoms with Gasteiger partial charge in [-0.05, 0) is 37.3 Å². The molecule has 2 rings (SSSR count). The van der Waals surface area contributed by atoms with E-state index in [2.05, 4.69) is 10.6 Å². The molecule has 0 fully saturated rings. The highest BCUT2D eigenvalue weighted by Crippen LogP contribution is 2.24. The fourth-order valence-electron chi connectivity index (χ4n) is 2.12. The van der Waals surface area contributed by atoms with Crippen LogP contribution in [0.3, 0.4) is 0 Å². The third-order valence-electron chi connectivity index (χ3n) is 3.14. The Bertz CT molecular complexity index is 603. The van der Waals surface area contributed by atoms with E-state index in [9.17, 15) is 9.59 Å². The van der Waals surface area contributed by atoms with Crippen molar-refractivity contribution in [3.05, 3.63) is 29.3 Å². The lowest BCUT2D eigenvalue weighted by Crippen LogP contribution is -2.38. The van der Waals surface area contributed by atoms with E-state index >= 15 is 0 Å². The number of benzene rings is 1. The van der Waals surface area contributed by atoms with E-state index in [4.69, 9.17) is 17.0 Å². The standard InChI is InChI=1S/C14H17N3O3S/c1-8(7-20-3)15-14(21)16-9-4-5-10-11(6-9)13(19)17(2)12(10)18/h4-6,8H,7H2,1-3H3,(H2,15,16,21). The summed E-state index contributed by atoms with van der Waals surface area (Å²) >= 11 is 5.19. The second kappa shape index (κ2) is 6.19. The van der Waals surface area contributed by atoms with Gasteiger partial charge in [-0.3, -0.25) is 14.5 Å². The van der Waals surface area contributed by atoms with Crippen LogP contribution in [0.2, 0.25) is 0 Å². The molecule has 2 amide bonds. The number of ether oxygens (including phenoxy) is 1. The Kier molecular flexibility index (Phi) is 4.54. The first kappa shape index (κ1) is 15.4. The van der Waals surface area contributed by atoms with Gasteiger partial charge in [-0.1, -0.05) is 0 Å². The van der Waals surface area contributed by atoms with E-state index in [0.717, 1.165) is 4.90 Å². The lowest BCUT2D eigenvalue weighted by Gasteiger charge is -2.16. The average molecular weight is 307 g/mol. The van der Waals surface area contributed by atoms with Crippen molar-refractivity contribution >= 4 is 34.8 Å². The van der Waals surface area contributed by atoms with Gasteiger partial charge in [-0.15, -0.1) is 0 Å².